The van der Waals surface area contributed by atoms with E-state index < -0.39 is 15.6 Å². The largest absolute Gasteiger partial charge is 0.392 e. The van der Waals surface area contributed by atoms with Gasteiger partial charge in [0.05, 0.1) is 14.3 Å². The maximum Gasteiger partial charge on any atom is 0.250 e. The fourth-order valence-electron chi connectivity index (χ4n) is 2.27. The maximum absolute atomic E-state index is 12.6. The maximum atomic E-state index is 12.6. The van der Waals surface area contributed by atoms with Crippen LogP contribution in [0, 0.1) is 6.92 Å². The lowest BCUT2D eigenvalue weighted by atomic mass is 9.89. The molecule has 0 unspecified atom stereocenters. The molecule has 21 heavy (non-hydrogen) atoms. The average molecular weight is 412 g/mol. The molecule has 118 valence electrons. The van der Waals surface area contributed by atoms with Gasteiger partial charge in [0.2, 0.25) is 0 Å². The molecule has 9 heteroatoms. The molecule has 1 aromatic rings. The third-order valence-electron chi connectivity index (χ3n) is 3.74. The molecule has 1 aliphatic rings. The molecule has 2 rings (SSSR count). The van der Waals surface area contributed by atoms with Crippen molar-refractivity contribution in [2.24, 2.45) is 5.73 Å². The zero-order valence-corrected chi connectivity index (χ0v) is 15.9. The van der Waals surface area contributed by atoms with Crippen LogP contribution in [0.25, 0.3) is 0 Å². The Kier molecular flexibility index (Phi) is 5.11. The van der Waals surface area contributed by atoms with E-state index in [1.807, 2.05) is 14.0 Å². The Hall–Kier alpha value is -0.0600. The van der Waals surface area contributed by atoms with E-state index in [0.717, 1.165) is 22.4 Å². The second-order valence-corrected chi connectivity index (χ2v) is 10.1. The van der Waals surface area contributed by atoms with E-state index >= 15 is 0 Å². The summed E-state index contributed by atoms with van der Waals surface area (Å²) in [7, 11) is -1.63. The third kappa shape index (κ3) is 3.65. The monoisotopic (exact) mass is 411 g/mol. The van der Waals surface area contributed by atoms with Crippen molar-refractivity contribution in [1.29, 1.82) is 0 Å². The third-order valence-corrected chi connectivity index (χ3v) is 8.28. The van der Waals surface area contributed by atoms with Crippen molar-refractivity contribution in [1.82, 2.24) is 9.62 Å². The van der Waals surface area contributed by atoms with Crippen LogP contribution in [0.1, 0.15) is 18.4 Å². The number of nitrogens with zero attached hydrogens (tertiary/aromatic N) is 1. The number of hydrogen-bond acceptors (Lipinski definition) is 5. The molecule has 0 aromatic carbocycles. The summed E-state index contributed by atoms with van der Waals surface area (Å²) >= 11 is 9.69. The summed E-state index contributed by atoms with van der Waals surface area (Å²) in [6, 6.07) is 1.65. The lowest BCUT2D eigenvalue weighted by Crippen LogP contribution is -2.61. The number of thiophene rings is 1. The summed E-state index contributed by atoms with van der Waals surface area (Å²) in [5.41, 5.74) is 5.92. The van der Waals surface area contributed by atoms with Crippen LogP contribution < -0.4 is 10.5 Å². The number of hydrogen-bond donors (Lipinski definition) is 2. The van der Waals surface area contributed by atoms with Crippen LogP contribution in [0.15, 0.2) is 14.1 Å². The van der Waals surface area contributed by atoms with Gasteiger partial charge in [-0.1, -0.05) is 12.2 Å². The van der Waals surface area contributed by atoms with Crippen LogP contribution in [-0.4, -0.2) is 44.0 Å². The van der Waals surface area contributed by atoms with Crippen molar-refractivity contribution in [2.75, 3.05) is 20.1 Å². The first kappa shape index (κ1) is 17.3. The predicted octanol–water partition coefficient (Wildman–Crippen LogP) is 1.85. The van der Waals surface area contributed by atoms with Crippen molar-refractivity contribution >= 4 is 54.5 Å². The first-order valence-corrected chi connectivity index (χ1v) is 9.95. The molecule has 0 atom stereocenters. The standard InChI is InChI=1S/C12H18BrN3O2S3/c1-8-7-9(20-10(8)13)21(17,18)15-12(11(14)19)3-5-16(2)6-4-12/h7,15H,3-6H2,1-2H3,(H2,14,19). The minimum atomic E-state index is -3.63. The molecule has 2 heterocycles. The molecule has 1 saturated heterocycles. The lowest BCUT2D eigenvalue weighted by molar-refractivity contribution is 0.221. The molecular formula is C12H18BrN3O2S3. The molecule has 0 amide bonds. The quantitative estimate of drug-likeness (QED) is 0.739. The van der Waals surface area contributed by atoms with E-state index in [1.165, 1.54) is 11.3 Å². The van der Waals surface area contributed by atoms with Gasteiger partial charge in [-0.15, -0.1) is 11.3 Å². The van der Waals surface area contributed by atoms with Gasteiger partial charge >= 0.3 is 0 Å². The van der Waals surface area contributed by atoms with Gasteiger partial charge < -0.3 is 10.6 Å². The number of piperidine rings is 1. The number of likely N-dealkylation sites (tertiary alicyclic amines) is 1. The highest BCUT2D eigenvalue weighted by Gasteiger charge is 2.40. The van der Waals surface area contributed by atoms with Crippen molar-refractivity contribution in [3.63, 3.8) is 0 Å². The van der Waals surface area contributed by atoms with Crippen LogP contribution >= 0.6 is 39.5 Å². The molecule has 1 aromatic heterocycles. The number of aryl methyl sites for hydroxylation is 1. The van der Waals surface area contributed by atoms with Crippen molar-refractivity contribution in [3.8, 4) is 0 Å². The van der Waals surface area contributed by atoms with Crippen LogP contribution in [0.3, 0.4) is 0 Å². The van der Waals surface area contributed by atoms with E-state index in [4.69, 9.17) is 18.0 Å². The van der Waals surface area contributed by atoms with Crippen molar-refractivity contribution < 1.29 is 8.42 Å². The number of nitrogens with one attached hydrogen (secondary N) is 1. The number of rotatable bonds is 4. The summed E-state index contributed by atoms with van der Waals surface area (Å²) in [6.07, 6.45) is 1.17. The highest BCUT2D eigenvalue weighted by atomic mass is 79.9. The van der Waals surface area contributed by atoms with Gasteiger partial charge in [0.15, 0.2) is 0 Å². The molecule has 0 spiro atoms. The van der Waals surface area contributed by atoms with Gasteiger partial charge in [-0.2, -0.15) is 4.72 Å². The summed E-state index contributed by atoms with van der Waals surface area (Å²) in [5, 5.41) is 0. The zero-order valence-electron chi connectivity index (χ0n) is 11.8. The highest BCUT2D eigenvalue weighted by molar-refractivity contribution is 9.11. The normalized spacial score (nSPS) is 19.6. The van der Waals surface area contributed by atoms with Gasteiger partial charge in [0.25, 0.3) is 10.0 Å². The minimum Gasteiger partial charge on any atom is -0.392 e. The Morgan fingerprint density at radius 1 is 1.52 bits per heavy atom. The fraction of sp³-hybridized carbons (Fsp3) is 0.583. The Bertz CT molecular complexity index is 629. The molecular weight excluding hydrogens is 394 g/mol. The first-order valence-electron chi connectivity index (χ1n) is 6.45. The Morgan fingerprint density at radius 2 is 2.10 bits per heavy atom. The van der Waals surface area contributed by atoms with E-state index in [0.29, 0.717) is 12.8 Å². The second kappa shape index (κ2) is 6.21. The van der Waals surface area contributed by atoms with Crippen LogP contribution in [0.5, 0.6) is 0 Å². The number of halogens is 1. The number of nitrogens with two attached hydrogens (primary N) is 1. The van der Waals surface area contributed by atoms with Crippen LogP contribution in [0.2, 0.25) is 0 Å². The van der Waals surface area contributed by atoms with Crippen molar-refractivity contribution in [2.45, 2.75) is 29.5 Å². The van der Waals surface area contributed by atoms with E-state index in [9.17, 15) is 8.42 Å². The predicted molar refractivity (Wildman–Crippen MR) is 93.3 cm³/mol. The summed E-state index contributed by atoms with van der Waals surface area (Å²) in [6.45, 7) is 3.37. The number of sulfonamides is 1. The van der Waals surface area contributed by atoms with Crippen molar-refractivity contribution in [3.05, 3.63) is 15.4 Å². The summed E-state index contributed by atoms with van der Waals surface area (Å²) in [4.78, 5) is 2.35. The molecule has 5 nitrogen and oxygen atoms in total. The summed E-state index contributed by atoms with van der Waals surface area (Å²) < 4.78 is 29.1. The smallest absolute Gasteiger partial charge is 0.250 e. The molecule has 1 aliphatic heterocycles. The zero-order chi connectivity index (χ0) is 15.8. The number of thiocarbonyl (C=S) groups is 1. The van der Waals surface area contributed by atoms with E-state index in [-0.39, 0.29) is 9.20 Å². The van der Waals surface area contributed by atoms with Gasteiger partial charge in [0.1, 0.15) is 4.21 Å². The minimum absolute atomic E-state index is 0.214. The Labute approximate surface area is 143 Å². The Balaban J connectivity index is 2.30. The van der Waals surface area contributed by atoms with Gasteiger partial charge in [-0.05, 0) is 54.4 Å². The molecule has 3 N–H and O–H groups in total. The lowest BCUT2D eigenvalue weighted by Gasteiger charge is -2.39. The highest BCUT2D eigenvalue weighted by Crippen LogP contribution is 2.32. The first-order chi connectivity index (χ1) is 9.66. The fourth-order valence-corrected chi connectivity index (χ4v) is 6.26. The van der Waals surface area contributed by atoms with E-state index in [2.05, 4.69) is 25.6 Å². The molecule has 0 saturated carbocycles. The summed E-state index contributed by atoms with van der Waals surface area (Å²) in [5.74, 6) is 0. The van der Waals surface area contributed by atoms with Crippen LogP contribution in [0.4, 0.5) is 0 Å². The van der Waals surface area contributed by atoms with E-state index in [1.54, 1.807) is 6.07 Å². The molecule has 0 bridgehead atoms. The average Bonchev–Trinajstić information content (AvgIpc) is 2.73. The van der Waals surface area contributed by atoms with Crippen LogP contribution in [-0.2, 0) is 10.0 Å². The van der Waals surface area contributed by atoms with Gasteiger partial charge in [-0.25, -0.2) is 8.42 Å². The molecule has 1 fully saturated rings. The topological polar surface area (TPSA) is 75.4 Å². The Morgan fingerprint density at radius 3 is 2.52 bits per heavy atom. The molecule has 0 radical (unpaired) electrons. The van der Waals surface area contributed by atoms with Gasteiger partial charge in [0, 0.05) is 13.1 Å². The molecule has 0 aliphatic carbocycles. The SMILES string of the molecule is Cc1cc(S(=O)(=O)NC2(C(N)=S)CCN(C)CC2)sc1Br. The second-order valence-electron chi connectivity index (χ2n) is 5.38. The van der Waals surface area contributed by atoms with Gasteiger partial charge in [-0.3, -0.25) is 0 Å².